The third kappa shape index (κ3) is 1.83. The summed E-state index contributed by atoms with van der Waals surface area (Å²) in [4.78, 5) is 0. The van der Waals surface area contributed by atoms with E-state index in [1.54, 1.807) is 4.68 Å². The van der Waals surface area contributed by atoms with Crippen LogP contribution in [0.3, 0.4) is 0 Å². The van der Waals surface area contributed by atoms with Gasteiger partial charge in [0.15, 0.2) is 11.6 Å². The Balaban J connectivity index is 3.17. The summed E-state index contributed by atoms with van der Waals surface area (Å²) in [5.41, 5.74) is 0. The molecule has 0 aliphatic rings. The monoisotopic (exact) mass is 178 g/mol. The Morgan fingerprint density at radius 3 is 2.62 bits per heavy atom. The number of nitrogens with zero attached hydrogens (tertiary/aromatic N) is 4. The van der Waals surface area contributed by atoms with Gasteiger partial charge in [0.2, 0.25) is 0 Å². The summed E-state index contributed by atoms with van der Waals surface area (Å²) in [6.45, 7) is 9.51. The lowest BCUT2D eigenvalue weighted by atomic mass is 10.2. The molecule has 0 spiro atoms. The van der Waals surface area contributed by atoms with Crippen molar-refractivity contribution in [2.75, 3.05) is 0 Å². The van der Waals surface area contributed by atoms with Gasteiger partial charge in [-0.3, -0.25) is 0 Å². The van der Waals surface area contributed by atoms with E-state index in [2.05, 4.69) is 22.0 Å². The first-order chi connectivity index (χ1) is 6.20. The van der Waals surface area contributed by atoms with E-state index in [1.807, 2.05) is 32.9 Å². The minimum Gasteiger partial charge on any atom is -0.198 e. The lowest BCUT2D eigenvalue weighted by Crippen LogP contribution is -2.00. The molecule has 0 aliphatic heterocycles. The predicted molar refractivity (Wildman–Crippen MR) is 53.8 cm³/mol. The van der Waals surface area contributed by atoms with Crippen LogP contribution in [0.1, 0.15) is 38.3 Å². The van der Waals surface area contributed by atoms with Crippen molar-refractivity contribution in [1.82, 2.24) is 14.9 Å². The zero-order chi connectivity index (χ0) is 9.84. The van der Waals surface area contributed by atoms with Gasteiger partial charge >= 0.3 is 0 Å². The van der Waals surface area contributed by atoms with Gasteiger partial charge in [-0.25, -0.2) is 0 Å². The number of aromatic nitrogens is 3. The van der Waals surface area contributed by atoms with Crippen LogP contribution in [-0.2, 0) is 0 Å². The fourth-order valence-electron chi connectivity index (χ4n) is 1.06. The number of allylic oxidation sites excluding steroid dienone is 1. The third-order valence-corrected chi connectivity index (χ3v) is 1.66. The Kier molecular flexibility index (Phi) is 2.95. The van der Waals surface area contributed by atoms with Crippen LogP contribution in [0, 0.1) is 0 Å². The van der Waals surface area contributed by atoms with Crippen LogP contribution in [0.15, 0.2) is 11.2 Å². The van der Waals surface area contributed by atoms with E-state index in [9.17, 15) is 0 Å². The van der Waals surface area contributed by atoms with E-state index in [-0.39, 0.29) is 0 Å². The second-order valence-corrected chi connectivity index (χ2v) is 3.02. The maximum Gasteiger partial charge on any atom is 0.177 e. The smallest absolute Gasteiger partial charge is 0.177 e. The second-order valence-electron chi connectivity index (χ2n) is 3.02. The van der Waals surface area contributed by atoms with Crippen molar-refractivity contribution in [2.24, 2.45) is 5.10 Å². The fraction of sp³-hybridized carbons (Fsp3) is 0.444. The van der Waals surface area contributed by atoms with Gasteiger partial charge in [-0.2, -0.15) is 9.78 Å². The van der Waals surface area contributed by atoms with Crippen LogP contribution in [0.25, 0.3) is 6.08 Å². The molecule has 0 aromatic carbocycles. The van der Waals surface area contributed by atoms with Gasteiger partial charge in [0, 0.05) is 12.6 Å². The van der Waals surface area contributed by atoms with Crippen LogP contribution in [-0.4, -0.2) is 21.6 Å². The van der Waals surface area contributed by atoms with Crippen LogP contribution < -0.4 is 0 Å². The zero-order valence-corrected chi connectivity index (χ0v) is 8.23. The van der Waals surface area contributed by atoms with Crippen LogP contribution >= 0.6 is 0 Å². The summed E-state index contributed by atoms with van der Waals surface area (Å²) in [6.07, 6.45) is 3.75. The van der Waals surface area contributed by atoms with Gasteiger partial charge in [0.05, 0.1) is 0 Å². The first kappa shape index (κ1) is 9.64. The molecule has 0 N–H and O–H groups in total. The second kappa shape index (κ2) is 3.98. The van der Waals surface area contributed by atoms with Gasteiger partial charge in [-0.05, 0) is 13.0 Å². The zero-order valence-electron chi connectivity index (χ0n) is 8.23. The molecule has 0 saturated carbocycles. The Labute approximate surface area is 78.0 Å². The van der Waals surface area contributed by atoms with E-state index in [0.29, 0.717) is 5.92 Å². The maximum absolute atomic E-state index is 4.03. The minimum atomic E-state index is 0.303. The predicted octanol–water partition coefficient (Wildman–Crippen LogP) is 1.90. The molecule has 1 aromatic rings. The molecule has 13 heavy (non-hydrogen) atoms. The standard InChI is InChI=1S/C9H14N4/c1-5-6-8-11-12-9(7(2)3)13(8)10-4/h5-7H,4H2,1-3H3/b6-5-. The number of hydrogen-bond donors (Lipinski definition) is 0. The molecule has 1 heterocycles. The average Bonchev–Trinajstić information content (AvgIpc) is 2.48. The molecular formula is C9H14N4. The van der Waals surface area contributed by atoms with Crippen molar-refractivity contribution in [2.45, 2.75) is 26.7 Å². The molecule has 70 valence electrons. The van der Waals surface area contributed by atoms with Crippen molar-refractivity contribution in [3.8, 4) is 0 Å². The van der Waals surface area contributed by atoms with E-state index in [1.165, 1.54) is 0 Å². The van der Waals surface area contributed by atoms with E-state index < -0.39 is 0 Å². The van der Waals surface area contributed by atoms with Crippen molar-refractivity contribution in [3.05, 3.63) is 17.7 Å². The molecular weight excluding hydrogens is 164 g/mol. The third-order valence-electron chi connectivity index (χ3n) is 1.66. The summed E-state index contributed by atoms with van der Waals surface area (Å²) in [6, 6.07) is 0. The first-order valence-corrected chi connectivity index (χ1v) is 4.25. The molecule has 0 unspecified atom stereocenters. The largest absolute Gasteiger partial charge is 0.198 e. The highest BCUT2D eigenvalue weighted by Gasteiger charge is 2.11. The van der Waals surface area contributed by atoms with Crippen LogP contribution in [0.2, 0.25) is 0 Å². The SMILES string of the molecule is C=Nn1c(/C=C\C)nnc1C(C)C. The van der Waals surface area contributed by atoms with Crippen LogP contribution in [0.5, 0.6) is 0 Å². The Morgan fingerprint density at radius 1 is 1.46 bits per heavy atom. The summed E-state index contributed by atoms with van der Waals surface area (Å²) in [5, 5.41) is 11.9. The molecule has 4 nitrogen and oxygen atoms in total. The van der Waals surface area contributed by atoms with E-state index in [0.717, 1.165) is 11.6 Å². The lowest BCUT2D eigenvalue weighted by molar-refractivity contribution is 0.697. The molecule has 0 radical (unpaired) electrons. The normalized spacial score (nSPS) is 11.4. The van der Waals surface area contributed by atoms with E-state index >= 15 is 0 Å². The van der Waals surface area contributed by atoms with Crippen molar-refractivity contribution >= 4 is 12.8 Å². The molecule has 0 fully saturated rings. The van der Waals surface area contributed by atoms with Crippen molar-refractivity contribution in [3.63, 3.8) is 0 Å². The van der Waals surface area contributed by atoms with Gasteiger partial charge in [0.25, 0.3) is 0 Å². The van der Waals surface area contributed by atoms with Crippen molar-refractivity contribution < 1.29 is 0 Å². The van der Waals surface area contributed by atoms with Gasteiger partial charge in [0.1, 0.15) is 0 Å². The Morgan fingerprint density at radius 2 is 2.15 bits per heavy atom. The van der Waals surface area contributed by atoms with Crippen molar-refractivity contribution in [1.29, 1.82) is 0 Å². The number of hydrogen-bond acceptors (Lipinski definition) is 3. The minimum absolute atomic E-state index is 0.303. The summed E-state index contributed by atoms with van der Waals surface area (Å²) in [7, 11) is 0. The Hall–Kier alpha value is -1.45. The van der Waals surface area contributed by atoms with Crippen LogP contribution in [0.4, 0.5) is 0 Å². The summed E-state index contributed by atoms with van der Waals surface area (Å²) < 4.78 is 1.66. The molecule has 0 atom stereocenters. The lowest BCUT2D eigenvalue weighted by Gasteiger charge is -2.02. The van der Waals surface area contributed by atoms with Gasteiger partial charge in [-0.15, -0.1) is 10.2 Å². The fourth-order valence-corrected chi connectivity index (χ4v) is 1.06. The number of rotatable bonds is 3. The molecule has 0 aliphatic carbocycles. The molecule has 0 saturated heterocycles. The maximum atomic E-state index is 4.03. The first-order valence-electron chi connectivity index (χ1n) is 4.25. The quantitative estimate of drug-likeness (QED) is 0.663. The average molecular weight is 178 g/mol. The summed E-state index contributed by atoms with van der Waals surface area (Å²) >= 11 is 0. The summed E-state index contributed by atoms with van der Waals surface area (Å²) in [5.74, 6) is 1.86. The molecule has 0 amide bonds. The molecule has 0 bridgehead atoms. The molecule has 1 rings (SSSR count). The highest BCUT2D eigenvalue weighted by atomic mass is 15.4. The van der Waals surface area contributed by atoms with Gasteiger partial charge in [-0.1, -0.05) is 19.9 Å². The highest BCUT2D eigenvalue weighted by molar-refractivity contribution is 5.40. The highest BCUT2D eigenvalue weighted by Crippen LogP contribution is 2.13. The Bertz CT molecular complexity index is 322. The molecule has 1 aromatic heterocycles. The topological polar surface area (TPSA) is 43.1 Å². The molecule has 4 heteroatoms. The van der Waals surface area contributed by atoms with E-state index in [4.69, 9.17) is 0 Å². The van der Waals surface area contributed by atoms with Gasteiger partial charge < -0.3 is 0 Å².